The molecular weight excluding hydrogens is 463 g/mol. The summed E-state index contributed by atoms with van der Waals surface area (Å²) in [5.74, 6) is -0.910. The van der Waals surface area contributed by atoms with Gasteiger partial charge < -0.3 is 9.84 Å². The monoisotopic (exact) mass is 486 g/mol. The van der Waals surface area contributed by atoms with Gasteiger partial charge in [0, 0.05) is 25.1 Å². The molecule has 0 fully saturated rings. The molecule has 0 bridgehead atoms. The predicted octanol–water partition coefficient (Wildman–Crippen LogP) is 4.44. The topological polar surface area (TPSA) is 91.3 Å². The zero-order valence-electron chi connectivity index (χ0n) is 16.4. The first-order valence-electron chi connectivity index (χ1n) is 8.87. The Balaban J connectivity index is 2.61. The molecule has 2 aromatic rings. The average molecular weight is 487 g/mol. The highest BCUT2D eigenvalue weighted by molar-refractivity contribution is 9.10. The maximum absolute atomic E-state index is 12.9. The molecule has 2 aromatic carbocycles. The van der Waals surface area contributed by atoms with E-state index >= 15 is 0 Å². The van der Waals surface area contributed by atoms with Gasteiger partial charge in [0.2, 0.25) is 0 Å². The van der Waals surface area contributed by atoms with E-state index < -0.39 is 25.5 Å². The van der Waals surface area contributed by atoms with Crippen LogP contribution in [0.1, 0.15) is 24.2 Å². The van der Waals surface area contributed by atoms with Crippen molar-refractivity contribution < 1.29 is 32.8 Å². The molecule has 0 heterocycles. The van der Waals surface area contributed by atoms with E-state index in [2.05, 4.69) is 15.9 Å². The molecule has 0 unspecified atom stereocenters. The van der Waals surface area contributed by atoms with Crippen molar-refractivity contribution in [2.45, 2.75) is 25.0 Å². The number of benzene rings is 2. The van der Waals surface area contributed by atoms with E-state index in [1.165, 1.54) is 0 Å². The Morgan fingerprint density at radius 1 is 1.14 bits per heavy atom. The molecular formula is C20H24BrO7P. The molecule has 9 heteroatoms. The molecule has 158 valence electrons. The third-order valence-electron chi connectivity index (χ3n) is 4.21. The lowest BCUT2D eigenvalue weighted by molar-refractivity contribution is -0.177. The summed E-state index contributed by atoms with van der Waals surface area (Å²) < 4.78 is 34.0. The van der Waals surface area contributed by atoms with Crippen molar-refractivity contribution in [2.75, 3.05) is 20.8 Å². The van der Waals surface area contributed by atoms with Gasteiger partial charge in [-0.25, -0.2) is 9.36 Å². The number of carbonyl (C=O) groups is 1. The Morgan fingerprint density at radius 2 is 1.79 bits per heavy atom. The summed E-state index contributed by atoms with van der Waals surface area (Å²) in [5.41, 5.74) is -1.15. The number of phosphoric ester groups is 1. The summed E-state index contributed by atoms with van der Waals surface area (Å²) in [6, 6.07) is 15.7. The van der Waals surface area contributed by atoms with Crippen LogP contribution in [0.4, 0.5) is 0 Å². The quantitative estimate of drug-likeness (QED) is 0.391. The van der Waals surface area contributed by atoms with Crippen LogP contribution in [0.5, 0.6) is 0 Å². The van der Waals surface area contributed by atoms with Crippen LogP contribution in [0.15, 0.2) is 59.1 Å². The van der Waals surface area contributed by atoms with Gasteiger partial charge in [0.1, 0.15) is 6.10 Å². The van der Waals surface area contributed by atoms with E-state index in [4.69, 9.17) is 18.3 Å². The second-order valence-electron chi connectivity index (χ2n) is 6.16. The number of hydrogen-bond acceptors (Lipinski definition) is 7. The Morgan fingerprint density at radius 3 is 2.34 bits per heavy atom. The van der Waals surface area contributed by atoms with Gasteiger partial charge in [-0.15, -0.1) is 0 Å². The maximum atomic E-state index is 12.9. The van der Waals surface area contributed by atoms with Crippen molar-refractivity contribution in [1.29, 1.82) is 0 Å². The summed E-state index contributed by atoms with van der Waals surface area (Å²) in [7, 11) is -1.75. The minimum Gasteiger partial charge on any atom is -0.464 e. The fourth-order valence-corrected chi connectivity index (χ4v) is 4.11. The van der Waals surface area contributed by atoms with Crippen molar-refractivity contribution in [3.8, 4) is 0 Å². The smallest absolute Gasteiger partial charge is 0.464 e. The number of ether oxygens (including phenoxy) is 1. The number of hydrogen-bond donors (Lipinski definition) is 1. The van der Waals surface area contributed by atoms with Crippen LogP contribution >= 0.6 is 23.8 Å². The number of rotatable bonds is 10. The lowest BCUT2D eigenvalue weighted by atomic mass is 9.85. The predicted molar refractivity (Wildman–Crippen MR) is 111 cm³/mol. The van der Waals surface area contributed by atoms with Crippen LogP contribution in [-0.2, 0) is 34.1 Å². The van der Waals surface area contributed by atoms with E-state index in [0.29, 0.717) is 15.6 Å². The molecule has 2 atom stereocenters. The van der Waals surface area contributed by atoms with Crippen molar-refractivity contribution in [2.24, 2.45) is 0 Å². The Kier molecular flexibility index (Phi) is 8.58. The molecule has 0 aliphatic carbocycles. The second kappa shape index (κ2) is 10.5. The van der Waals surface area contributed by atoms with Gasteiger partial charge in [0.15, 0.2) is 5.60 Å². The largest absolute Gasteiger partial charge is 0.474 e. The summed E-state index contributed by atoms with van der Waals surface area (Å²) in [4.78, 5) is 12.9. The Bertz CT molecular complexity index is 853. The fourth-order valence-electron chi connectivity index (χ4n) is 2.82. The number of esters is 1. The zero-order chi connectivity index (χ0) is 21.5. The van der Waals surface area contributed by atoms with Crippen LogP contribution in [0.3, 0.4) is 0 Å². The Labute approximate surface area is 178 Å². The molecule has 0 aromatic heterocycles. The van der Waals surface area contributed by atoms with Gasteiger partial charge in [-0.1, -0.05) is 58.4 Å². The number of carbonyl (C=O) groups excluding carboxylic acids is 1. The van der Waals surface area contributed by atoms with Crippen molar-refractivity contribution in [1.82, 2.24) is 0 Å². The number of aliphatic hydroxyl groups is 1. The van der Waals surface area contributed by atoms with Crippen LogP contribution in [0.25, 0.3) is 0 Å². The summed E-state index contributed by atoms with van der Waals surface area (Å²) in [6.45, 7) is 1.68. The fraction of sp³-hybridized carbons (Fsp3) is 0.350. The normalized spacial score (nSPS) is 14.8. The van der Waals surface area contributed by atoms with E-state index in [9.17, 15) is 14.5 Å². The van der Waals surface area contributed by atoms with E-state index in [0.717, 1.165) is 14.2 Å². The zero-order valence-corrected chi connectivity index (χ0v) is 18.9. The van der Waals surface area contributed by atoms with Crippen LogP contribution in [0, 0.1) is 0 Å². The number of phosphoric acid groups is 1. The van der Waals surface area contributed by atoms with E-state index in [1.54, 1.807) is 55.5 Å². The second-order valence-corrected chi connectivity index (χ2v) is 8.91. The number of halogens is 1. The van der Waals surface area contributed by atoms with Gasteiger partial charge in [0.25, 0.3) is 0 Å². The third-order valence-corrected chi connectivity index (χ3v) is 6.07. The standard InChI is InChI=1S/C20H24BrO7P/c1-4-27-19(22)20(23,14-15-9-6-5-7-10-15)18(28-29(24,25-2)26-3)16-11-8-12-17(21)13-16/h5-13,18,23H,4,14H2,1-3H3/t18-,20+/m1/s1. The van der Waals surface area contributed by atoms with Gasteiger partial charge in [-0.3, -0.25) is 13.6 Å². The first-order valence-corrected chi connectivity index (χ1v) is 11.1. The molecule has 7 nitrogen and oxygen atoms in total. The Hall–Kier alpha value is -1.54. The van der Waals surface area contributed by atoms with Gasteiger partial charge in [-0.05, 0) is 30.2 Å². The van der Waals surface area contributed by atoms with Crippen LogP contribution < -0.4 is 0 Å². The first kappa shape index (κ1) is 23.7. The molecule has 29 heavy (non-hydrogen) atoms. The van der Waals surface area contributed by atoms with Crippen molar-refractivity contribution in [3.63, 3.8) is 0 Å². The molecule has 2 rings (SSSR count). The molecule has 0 saturated heterocycles. The van der Waals surface area contributed by atoms with E-state index in [1.807, 2.05) is 6.07 Å². The summed E-state index contributed by atoms with van der Waals surface area (Å²) >= 11 is 3.36. The maximum Gasteiger partial charge on any atom is 0.474 e. The average Bonchev–Trinajstić information content (AvgIpc) is 2.72. The van der Waals surface area contributed by atoms with Crippen LogP contribution in [0.2, 0.25) is 0 Å². The third kappa shape index (κ3) is 5.98. The molecule has 0 aliphatic heterocycles. The van der Waals surface area contributed by atoms with Gasteiger partial charge in [-0.2, -0.15) is 0 Å². The minimum absolute atomic E-state index is 0.0490. The highest BCUT2D eigenvalue weighted by atomic mass is 79.9. The highest BCUT2D eigenvalue weighted by Gasteiger charge is 2.50. The summed E-state index contributed by atoms with van der Waals surface area (Å²) in [6.07, 6.45) is -1.54. The highest BCUT2D eigenvalue weighted by Crippen LogP contribution is 2.54. The molecule has 0 aliphatic rings. The SMILES string of the molecule is CCOC(=O)[C@](O)(Cc1ccccc1)[C@H](OP(=O)(OC)OC)c1cccc(Br)c1. The molecule has 0 radical (unpaired) electrons. The molecule has 0 amide bonds. The lowest BCUT2D eigenvalue weighted by Gasteiger charge is -2.35. The summed E-state index contributed by atoms with van der Waals surface area (Å²) in [5, 5.41) is 11.6. The minimum atomic E-state index is -4.06. The molecule has 0 saturated carbocycles. The van der Waals surface area contributed by atoms with Crippen LogP contribution in [-0.4, -0.2) is 37.5 Å². The molecule has 0 spiro atoms. The van der Waals surface area contributed by atoms with E-state index in [-0.39, 0.29) is 13.0 Å². The van der Waals surface area contributed by atoms with Gasteiger partial charge >= 0.3 is 13.8 Å². The van der Waals surface area contributed by atoms with Crippen molar-refractivity contribution >= 4 is 29.7 Å². The first-order chi connectivity index (χ1) is 13.8. The van der Waals surface area contributed by atoms with Crippen molar-refractivity contribution in [3.05, 3.63) is 70.2 Å². The molecule has 1 N–H and O–H groups in total. The van der Waals surface area contributed by atoms with Gasteiger partial charge in [0.05, 0.1) is 6.61 Å². The lowest BCUT2D eigenvalue weighted by Crippen LogP contribution is -2.48.